The van der Waals surface area contributed by atoms with Crippen LogP contribution in [0.4, 0.5) is 24.8 Å². The van der Waals surface area contributed by atoms with Crippen LogP contribution in [0.2, 0.25) is 0 Å². The van der Waals surface area contributed by atoms with Crippen LogP contribution in [-0.4, -0.2) is 28.3 Å². The SMILES string of the molecule is CCC(=O)Nc1cccc(N2CCc3c(Oc4ccc(C(F)(F)F)nc4)cccc3C2=O)n1. The Labute approximate surface area is 187 Å². The van der Waals surface area contributed by atoms with Crippen molar-refractivity contribution in [3.63, 3.8) is 0 Å². The normalized spacial score (nSPS) is 13.5. The molecule has 0 radical (unpaired) electrons. The first-order valence-corrected chi connectivity index (χ1v) is 10.2. The maximum Gasteiger partial charge on any atom is 0.433 e. The third kappa shape index (κ3) is 4.79. The van der Waals surface area contributed by atoms with Crippen molar-refractivity contribution in [2.75, 3.05) is 16.8 Å². The number of alkyl halides is 3. The van der Waals surface area contributed by atoms with Crippen LogP contribution in [0.3, 0.4) is 0 Å². The first kappa shape index (κ1) is 22.3. The number of halogens is 3. The second kappa shape index (κ2) is 8.89. The number of hydrogen-bond donors (Lipinski definition) is 1. The van der Waals surface area contributed by atoms with Crippen molar-refractivity contribution in [3.05, 3.63) is 71.5 Å². The van der Waals surface area contributed by atoms with Gasteiger partial charge in [-0.2, -0.15) is 13.2 Å². The number of nitrogens with zero attached hydrogens (tertiary/aromatic N) is 3. The lowest BCUT2D eigenvalue weighted by Gasteiger charge is -2.29. The van der Waals surface area contributed by atoms with E-state index in [1.807, 2.05) is 0 Å². The number of fused-ring (bicyclic) bond motifs is 1. The molecule has 0 saturated heterocycles. The van der Waals surface area contributed by atoms with Crippen molar-refractivity contribution in [2.45, 2.75) is 25.9 Å². The molecule has 1 aliphatic heterocycles. The number of hydrogen-bond acceptors (Lipinski definition) is 5. The summed E-state index contributed by atoms with van der Waals surface area (Å²) in [7, 11) is 0. The number of carbonyl (C=O) groups excluding carboxylic acids is 2. The third-order valence-electron chi connectivity index (χ3n) is 5.05. The first-order chi connectivity index (χ1) is 15.8. The summed E-state index contributed by atoms with van der Waals surface area (Å²) in [6.45, 7) is 2.04. The molecule has 1 aliphatic rings. The molecule has 7 nitrogen and oxygen atoms in total. The number of carbonyl (C=O) groups is 2. The summed E-state index contributed by atoms with van der Waals surface area (Å²) in [5.74, 6) is 0.780. The van der Waals surface area contributed by atoms with Gasteiger partial charge in [-0.05, 0) is 42.8 Å². The Morgan fingerprint density at radius 1 is 1.15 bits per heavy atom. The number of amides is 2. The van der Waals surface area contributed by atoms with Crippen molar-refractivity contribution in [1.82, 2.24) is 9.97 Å². The van der Waals surface area contributed by atoms with Gasteiger partial charge in [0.2, 0.25) is 5.91 Å². The van der Waals surface area contributed by atoms with Crippen LogP contribution in [0.15, 0.2) is 54.7 Å². The zero-order valence-electron chi connectivity index (χ0n) is 17.5. The lowest BCUT2D eigenvalue weighted by molar-refractivity contribution is -0.141. The molecule has 4 rings (SSSR count). The average Bonchev–Trinajstić information content (AvgIpc) is 2.79. The molecule has 0 fully saturated rings. The molecule has 0 bridgehead atoms. The van der Waals surface area contributed by atoms with E-state index in [4.69, 9.17) is 4.74 Å². The van der Waals surface area contributed by atoms with Crippen LogP contribution >= 0.6 is 0 Å². The van der Waals surface area contributed by atoms with Crippen LogP contribution < -0.4 is 15.0 Å². The number of anilines is 2. The second-order valence-electron chi connectivity index (χ2n) is 7.25. The highest BCUT2D eigenvalue weighted by atomic mass is 19.4. The molecule has 3 aromatic rings. The molecule has 2 amide bonds. The molecular formula is C23H19F3N4O3. The van der Waals surface area contributed by atoms with Gasteiger partial charge in [-0.3, -0.25) is 14.5 Å². The van der Waals surface area contributed by atoms with Gasteiger partial charge in [-0.15, -0.1) is 0 Å². The van der Waals surface area contributed by atoms with E-state index in [0.29, 0.717) is 47.9 Å². The number of benzene rings is 1. The fraction of sp³-hybridized carbons (Fsp3) is 0.217. The minimum Gasteiger partial charge on any atom is -0.455 e. The van der Waals surface area contributed by atoms with Crippen molar-refractivity contribution < 1.29 is 27.5 Å². The Morgan fingerprint density at radius 2 is 1.94 bits per heavy atom. The van der Waals surface area contributed by atoms with Gasteiger partial charge < -0.3 is 10.1 Å². The van der Waals surface area contributed by atoms with Crippen LogP contribution in [0.25, 0.3) is 0 Å². The molecule has 0 atom stereocenters. The summed E-state index contributed by atoms with van der Waals surface area (Å²) in [5, 5.41) is 2.67. The van der Waals surface area contributed by atoms with Crippen LogP contribution in [-0.2, 0) is 17.4 Å². The molecule has 3 heterocycles. The molecule has 1 N–H and O–H groups in total. The molecule has 0 aliphatic carbocycles. The number of nitrogens with one attached hydrogen (secondary N) is 1. The number of aromatic nitrogens is 2. The van der Waals surface area contributed by atoms with Gasteiger partial charge in [0.25, 0.3) is 5.91 Å². The summed E-state index contributed by atoms with van der Waals surface area (Å²) in [4.78, 5) is 34.1. The van der Waals surface area contributed by atoms with Gasteiger partial charge in [-0.1, -0.05) is 19.1 Å². The largest absolute Gasteiger partial charge is 0.455 e. The number of pyridine rings is 2. The van der Waals surface area contributed by atoms with Crippen molar-refractivity contribution >= 4 is 23.5 Å². The molecule has 1 aromatic carbocycles. The van der Waals surface area contributed by atoms with E-state index in [9.17, 15) is 22.8 Å². The zero-order valence-corrected chi connectivity index (χ0v) is 17.5. The van der Waals surface area contributed by atoms with Gasteiger partial charge in [0.05, 0.1) is 6.20 Å². The molecule has 10 heteroatoms. The van der Waals surface area contributed by atoms with E-state index in [-0.39, 0.29) is 17.6 Å². The Morgan fingerprint density at radius 3 is 2.64 bits per heavy atom. The Bertz CT molecular complexity index is 1200. The summed E-state index contributed by atoms with van der Waals surface area (Å²) in [6, 6.07) is 12.0. The van der Waals surface area contributed by atoms with E-state index >= 15 is 0 Å². The number of rotatable bonds is 5. The van der Waals surface area contributed by atoms with Gasteiger partial charge >= 0.3 is 6.18 Å². The summed E-state index contributed by atoms with van der Waals surface area (Å²) >= 11 is 0. The fourth-order valence-corrected chi connectivity index (χ4v) is 3.42. The standard InChI is InChI=1S/C23H19F3N4O3/c1-2-21(31)29-19-7-4-8-20(28-19)30-12-11-15-16(22(30)32)5-3-6-17(15)33-14-9-10-18(27-13-14)23(24,25)26/h3-10,13H,2,11-12H2,1H3,(H,28,29,31). The van der Waals surface area contributed by atoms with Crippen LogP contribution in [0.1, 0.15) is 35.0 Å². The summed E-state index contributed by atoms with van der Waals surface area (Å²) in [5.41, 5.74) is 0.0399. The highest BCUT2D eigenvalue weighted by Gasteiger charge is 2.32. The number of ether oxygens (including phenoxy) is 1. The molecule has 0 saturated carbocycles. The van der Waals surface area contributed by atoms with Gasteiger partial charge in [0, 0.05) is 24.1 Å². The smallest absolute Gasteiger partial charge is 0.433 e. The molecule has 170 valence electrons. The van der Waals surface area contributed by atoms with E-state index in [1.54, 1.807) is 43.3 Å². The Hall–Kier alpha value is -3.95. The van der Waals surface area contributed by atoms with Crippen molar-refractivity contribution in [3.8, 4) is 11.5 Å². The van der Waals surface area contributed by atoms with E-state index in [1.165, 1.54) is 11.0 Å². The predicted octanol–water partition coefficient (Wildman–Crippen LogP) is 4.84. The van der Waals surface area contributed by atoms with E-state index < -0.39 is 11.9 Å². The minimum absolute atomic E-state index is 0.132. The highest BCUT2D eigenvalue weighted by Crippen LogP contribution is 2.34. The zero-order chi connectivity index (χ0) is 23.6. The summed E-state index contributed by atoms with van der Waals surface area (Å²) < 4.78 is 43.9. The minimum atomic E-state index is -4.54. The average molecular weight is 456 g/mol. The third-order valence-corrected chi connectivity index (χ3v) is 5.05. The van der Waals surface area contributed by atoms with E-state index in [2.05, 4.69) is 15.3 Å². The van der Waals surface area contributed by atoms with Crippen LogP contribution in [0, 0.1) is 0 Å². The predicted molar refractivity (Wildman–Crippen MR) is 114 cm³/mol. The van der Waals surface area contributed by atoms with Crippen molar-refractivity contribution in [1.29, 1.82) is 0 Å². The molecule has 0 spiro atoms. The summed E-state index contributed by atoms with van der Waals surface area (Å²) in [6.07, 6.45) is -2.79. The lowest BCUT2D eigenvalue weighted by atomic mass is 9.98. The van der Waals surface area contributed by atoms with Crippen molar-refractivity contribution in [2.24, 2.45) is 0 Å². The molecular weight excluding hydrogens is 437 g/mol. The van der Waals surface area contributed by atoms with Crippen LogP contribution in [0.5, 0.6) is 11.5 Å². The fourth-order valence-electron chi connectivity index (χ4n) is 3.42. The van der Waals surface area contributed by atoms with E-state index in [0.717, 1.165) is 12.3 Å². The lowest BCUT2D eigenvalue weighted by Crippen LogP contribution is -2.38. The monoisotopic (exact) mass is 456 g/mol. The molecule has 33 heavy (non-hydrogen) atoms. The Kier molecular flexibility index (Phi) is 5.99. The van der Waals surface area contributed by atoms with Gasteiger partial charge in [0.1, 0.15) is 28.8 Å². The highest BCUT2D eigenvalue weighted by molar-refractivity contribution is 6.08. The maximum atomic E-state index is 13.2. The van der Waals surface area contributed by atoms with Gasteiger partial charge in [-0.25, -0.2) is 9.97 Å². The quantitative estimate of drug-likeness (QED) is 0.594. The van der Waals surface area contributed by atoms with Gasteiger partial charge in [0.15, 0.2) is 0 Å². The molecule has 0 unspecified atom stereocenters. The first-order valence-electron chi connectivity index (χ1n) is 10.2. The molecule has 2 aromatic heterocycles. The topological polar surface area (TPSA) is 84.4 Å². The Balaban J connectivity index is 1.56. The maximum absolute atomic E-state index is 13.2. The second-order valence-corrected chi connectivity index (χ2v) is 7.25.